The number of halogens is 2. The molecule has 0 bridgehead atoms. The second kappa shape index (κ2) is 5.26. The summed E-state index contributed by atoms with van der Waals surface area (Å²) in [6.07, 6.45) is 3.50. The average Bonchev–Trinajstić information content (AvgIpc) is 2.38. The molecule has 0 amide bonds. The molecule has 0 aliphatic carbocycles. The standard InChI is InChI=1S/C14H15BrFN3O/c1-18-4-2-3-10(7-18)19-8-17-12-6-9(15)5-11(16)13(12)14(19)20/h5-6,8,10H,2-4,7H2,1H3. The third-order valence-corrected chi connectivity index (χ3v) is 4.25. The van der Waals surface area contributed by atoms with E-state index in [1.807, 2.05) is 7.05 Å². The highest BCUT2D eigenvalue weighted by Gasteiger charge is 2.21. The first-order chi connectivity index (χ1) is 9.56. The summed E-state index contributed by atoms with van der Waals surface area (Å²) >= 11 is 3.22. The fourth-order valence-electron chi connectivity index (χ4n) is 2.81. The van der Waals surface area contributed by atoms with Gasteiger partial charge in [0.2, 0.25) is 0 Å². The topological polar surface area (TPSA) is 38.1 Å². The Hall–Kier alpha value is -1.27. The first kappa shape index (κ1) is 13.7. The van der Waals surface area contributed by atoms with E-state index in [0.717, 1.165) is 25.9 Å². The maximum Gasteiger partial charge on any atom is 0.264 e. The molecule has 106 valence electrons. The number of piperidine rings is 1. The fourth-order valence-corrected chi connectivity index (χ4v) is 3.22. The second-order valence-electron chi connectivity index (χ2n) is 5.30. The molecule has 1 fully saturated rings. The summed E-state index contributed by atoms with van der Waals surface area (Å²) in [5.74, 6) is -0.523. The maximum atomic E-state index is 14.0. The Kier molecular flexibility index (Phi) is 3.60. The predicted molar refractivity (Wildman–Crippen MR) is 79.4 cm³/mol. The first-order valence-corrected chi connectivity index (χ1v) is 7.40. The van der Waals surface area contributed by atoms with Crippen LogP contribution in [0.15, 0.2) is 27.7 Å². The van der Waals surface area contributed by atoms with Crippen molar-refractivity contribution in [1.82, 2.24) is 14.5 Å². The third kappa shape index (κ3) is 2.38. The summed E-state index contributed by atoms with van der Waals surface area (Å²) in [7, 11) is 2.03. The van der Waals surface area contributed by atoms with Gasteiger partial charge in [0.05, 0.1) is 17.9 Å². The van der Waals surface area contributed by atoms with Gasteiger partial charge in [0.15, 0.2) is 0 Å². The summed E-state index contributed by atoms with van der Waals surface area (Å²) in [6.45, 7) is 1.83. The predicted octanol–water partition coefficient (Wildman–Crippen LogP) is 2.56. The second-order valence-corrected chi connectivity index (χ2v) is 6.21. The molecule has 1 aliphatic rings. The van der Waals surface area contributed by atoms with E-state index in [-0.39, 0.29) is 17.0 Å². The Labute approximate surface area is 124 Å². The number of fused-ring (bicyclic) bond motifs is 1. The van der Waals surface area contributed by atoms with Crippen molar-refractivity contribution in [1.29, 1.82) is 0 Å². The number of nitrogens with zero attached hydrogens (tertiary/aromatic N) is 3. The molecule has 4 nitrogen and oxygen atoms in total. The van der Waals surface area contributed by atoms with Gasteiger partial charge in [-0.25, -0.2) is 9.37 Å². The zero-order valence-corrected chi connectivity index (χ0v) is 12.7. The number of rotatable bonds is 1. The average molecular weight is 340 g/mol. The van der Waals surface area contributed by atoms with E-state index < -0.39 is 5.82 Å². The van der Waals surface area contributed by atoms with Crippen molar-refractivity contribution in [3.8, 4) is 0 Å². The Morgan fingerprint density at radius 1 is 1.45 bits per heavy atom. The molecule has 1 aromatic carbocycles. The van der Waals surface area contributed by atoms with Crippen molar-refractivity contribution < 1.29 is 4.39 Å². The molecule has 1 unspecified atom stereocenters. The van der Waals surface area contributed by atoms with Crippen LogP contribution in [-0.2, 0) is 0 Å². The Bertz CT molecular complexity index is 715. The Morgan fingerprint density at radius 3 is 3.00 bits per heavy atom. The van der Waals surface area contributed by atoms with E-state index in [4.69, 9.17) is 0 Å². The molecule has 1 saturated heterocycles. The van der Waals surface area contributed by atoms with Crippen LogP contribution in [0.4, 0.5) is 4.39 Å². The van der Waals surface area contributed by atoms with E-state index in [0.29, 0.717) is 9.99 Å². The van der Waals surface area contributed by atoms with Crippen molar-refractivity contribution in [2.45, 2.75) is 18.9 Å². The van der Waals surface area contributed by atoms with Crippen molar-refractivity contribution >= 4 is 26.8 Å². The molecule has 6 heteroatoms. The molecular weight excluding hydrogens is 325 g/mol. The van der Waals surface area contributed by atoms with Gasteiger partial charge in [-0.3, -0.25) is 9.36 Å². The van der Waals surface area contributed by atoms with E-state index in [2.05, 4.69) is 25.8 Å². The molecule has 20 heavy (non-hydrogen) atoms. The lowest BCUT2D eigenvalue weighted by atomic mass is 10.1. The first-order valence-electron chi connectivity index (χ1n) is 6.60. The van der Waals surface area contributed by atoms with Crippen LogP contribution in [0.2, 0.25) is 0 Å². The highest BCUT2D eigenvalue weighted by atomic mass is 79.9. The molecule has 0 radical (unpaired) electrons. The molecule has 1 atom stereocenters. The smallest absolute Gasteiger partial charge is 0.264 e. The third-order valence-electron chi connectivity index (χ3n) is 3.80. The molecule has 1 aromatic heterocycles. The number of benzene rings is 1. The molecule has 0 saturated carbocycles. The van der Waals surface area contributed by atoms with Crippen LogP contribution in [-0.4, -0.2) is 34.6 Å². The molecule has 3 rings (SSSR count). The van der Waals surface area contributed by atoms with Gasteiger partial charge < -0.3 is 4.90 Å². The van der Waals surface area contributed by atoms with E-state index in [1.54, 1.807) is 17.0 Å². The number of aromatic nitrogens is 2. The Morgan fingerprint density at radius 2 is 2.25 bits per heavy atom. The fraction of sp³-hybridized carbons (Fsp3) is 0.429. The zero-order valence-electron chi connectivity index (χ0n) is 11.1. The highest BCUT2D eigenvalue weighted by Crippen LogP contribution is 2.22. The molecule has 0 spiro atoms. The van der Waals surface area contributed by atoms with Gasteiger partial charge in [0.1, 0.15) is 11.2 Å². The van der Waals surface area contributed by atoms with Crippen molar-refractivity contribution in [3.63, 3.8) is 0 Å². The van der Waals surface area contributed by atoms with Gasteiger partial charge in [0, 0.05) is 11.0 Å². The molecule has 1 aliphatic heterocycles. The van der Waals surface area contributed by atoms with Crippen molar-refractivity contribution in [3.05, 3.63) is 39.1 Å². The van der Waals surface area contributed by atoms with Crippen LogP contribution in [0.5, 0.6) is 0 Å². The summed E-state index contributed by atoms with van der Waals surface area (Å²) in [5, 5.41) is 0.0731. The molecule has 0 N–H and O–H groups in total. The van der Waals surface area contributed by atoms with Gasteiger partial charge in [-0.1, -0.05) is 15.9 Å². The molecule has 2 aromatic rings. The van der Waals surface area contributed by atoms with Crippen LogP contribution in [0.1, 0.15) is 18.9 Å². The molecule has 2 heterocycles. The Balaban J connectivity index is 2.14. The summed E-state index contributed by atoms with van der Waals surface area (Å²) in [5.41, 5.74) is 0.0996. The lowest BCUT2D eigenvalue weighted by Gasteiger charge is -2.30. The summed E-state index contributed by atoms with van der Waals surface area (Å²) in [4.78, 5) is 18.9. The van der Waals surface area contributed by atoms with E-state index in [9.17, 15) is 9.18 Å². The van der Waals surface area contributed by atoms with E-state index >= 15 is 0 Å². The SMILES string of the molecule is CN1CCCC(n2cnc3cc(Br)cc(F)c3c2=O)C1. The monoisotopic (exact) mass is 339 g/mol. The van der Waals surface area contributed by atoms with Crippen LogP contribution in [0.3, 0.4) is 0 Å². The van der Waals surface area contributed by atoms with Gasteiger partial charge >= 0.3 is 0 Å². The number of hydrogen-bond donors (Lipinski definition) is 0. The minimum absolute atomic E-state index is 0.0706. The van der Waals surface area contributed by atoms with Crippen LogP contribution >= 0.6 is 15.9 Å². The summed E-state index contributed by atoms with van der Waals surface area (Å²) in [6, 6.07) is 3.04. The normalized spacial score (nSPS) is 20.4. The van der Waals surface area contributed by atoms with Crippen LogP contribution in [0, 0.1) is 5.82 Å². The lowest BCUT2D eigenvalue weighted by molar-refractivity contribution is 0.209. The van der Waals surface area contributed by atoms with Crippen molar-refractivity contribution in [2.75, 3.05) is 20.1 Å². The van der Waals surface area contributed by atoms with Gasteiger partial charge in [-0.2, -0.15) is 0 Å². The van der Waals surface area contributed by atoms with E-state index in [1.165, 1.54) is 6.07 Å². The minimum atomic E-state index is -0.523. The quantitative estimate of drug-likeness (QED) is 0.801. The van der Waals surface area contributed by atoms with Crippen LogP contribution < -0.4 is 5.56 Å². The summed E-state index contributed by atoms with van der Waals surface area (Å²) < 4.78 is 16.2. The minimum Gasteiger partial charge on any atom is -0.304 e. The largest absolute Gasteiger partial charge is 0.304 e. The molecular formula is C14H15BrFN3O. The number of hydrogen-bond acceptors (Lipinski definition) is 3. The van der Waals surface area contributed by atoms with Gasteiger partial charge in [-0.15, -0.1) is 0 Å². The van der Waals surface area contributed by atoms with Crippen LogP contribution in [0.25, 0.3) is 10.9 Å². The number of likely N-dealkylation sites (N-methyl/N-ethyl adjacent to an activating group) is 1. The highest BCUT2D eigenvalue weighted by molar-refractivity contribution is 9.10. The zero-order chi connectivity index (χ0) is 14.3. The van der Waals surface area contributed by atoms with Gasteiger partial charge in [-0.05, 0) is 38.6 Å². The number of likely N-dealkylation sites (tertiary alicyclic amines) is 1. The van der Waals surface area contributed by atoms with Gasteiger partial charge in [0.25, 0.3) is 5.56 Å². The lowest BCUT2D eigenvalue weighted by Crippen LogP contribution is -2.37. The maximum absolute atomic E-state index is 14.0. The van der Waals surface area contributed by atoms with Crippen molar-refractivity contribution in [2.24, 2.45) is 0 Å².